The van der Waals surface area contributed by atoms with Crippen molar-refractivity contribution in [2.24, 2.45) is 11.3 Å². The second kappa shape index (κ2) is 5.79. The van der Waals surface area contributed by atoms with Gasteiger partial charge in [-0.3, -0.25) is 9.59 Å². The first-order chi connectivity index (χ1) is 9.79. The molecule has 0 N–H and O–H groups in total. The number of amides is 1. The van der Waals surface area contributed by atoms with E-state index in [4.69, 9.17) is 4.74 Å². The SMILES string of the molecule is COc1ccc2c(c1)N(CC(CBr)C(C)(C)C)C(=O)C2=O. The number of carbonyl (C=O) groups is 2. The number of ether oxygens (including phenoxy) is 1. The topological polar surface area (TPSA) is 46.6 Å². The highest BCUT2D eigenvalue weighted by Crippen LogP contribution is 2.36. The summed E-state index contributed by atoms with van der Waals surface area (Å²) < 4.78 is 5.20. The van der Waals surface area contributed by atoms with E-state index in [1.54, 1.807) is 30.2 Å². The van der Waals surface area contributed by atoms with Gasteiger partial charge >= 0.3 is 0 Å². The molecule has 1 aromatic rings. The highest BCUT2D eigenvalue weighted by atomic mass is 79.9. The van der Waals surface area contributed by atoms with Crippen LogP contribution >= 0.6 is 15.9 Å². The van der Waals surface area contributed by atoms with Crippen molar-refractivity contribution in [3.8, 4) is 5.75 Å². The minimum atomic E-state index is -0.451. The van der Waals surface area contributed by atoms with E-state index in [1.807, 2.05) is 0 Å². The van der Waals surface area contributed by atoms with Gasteiger partial charge in [-0.05, 0) is 23.5 Å². The lowest BCUT2D eigenvalue weighted by Gasteiger charge is -2.32. The Kier molecular flexibility index (Phi) is 4.42. The van der Waals surface area contributed by atoms with Crippen molar-refractivity contribution in [1.29, 1.82) is 0 Å². The number of ketones is 1. The van der Waals surface area contributed by atoms with E-state index >= 15 is 0 Å². The largest absolute Gasteiger partial charge is 0.497 e. The molecule has 21 heavy (non-hydrogen) atoms. The molecule has 0 radical (unpaired) electrons. The van der Waals surface area contributed by atoms with Gasteiger partial charge in [0, 0.05) is 17.9 Å². The van der Waals surface area contributed by atoms with Gasteiger partial charge < -0.3 is 9.64 Å². The fourth-order valence-electron chi connectivity index (χ4n) is 2.36. The molecule has 0 fully saturated rings. The number of anilines is 1. The molecular formula is C16H20BrNO3. The summed E-state index contributed by atoms with van der Waals surface area (Å²) in [6.07, 6.45) is 0. The fraction of sp³-hybridized carbons (Fsp3) is 0.500. The number of rotatable bonds is 4. The first-order valence-corrected chi connectivity index (χ1v) is 8.02. The molecule has 0 bridgehead atoms. The van der Waals surface area contributed by atoms with E-state index in [0.717, 1.165) is 5.33 Å². The summed E-state index contributed by atoms with van der Waals surface area (Å²) in [5.74, 6) is 0.00198. The van der Waals surface area contributed by atoms with E-state index in [9.17, 15) is 9.59 Å². The Labute approximate surface area is 133 Å². The predicted molar refractivity (Wildman–Crippen MR) is 86.4 cm³/mol. The zero-order chi connectivity index (χ0) is 15.8. The number of methoxy groups -OCH3 is 1. The van der Waals surface area contributed by atoms with E-state index in [1.165, 1.54) is 0 Å². The van der Waals surface area contributed by atoms with Crippen LogP contribution in [0.1, 0.15) is 31.1 Å². The van der Waals surface area contributed by atoms with Crippen molar-refractivity contribution in [3.05, 3.63) is 23.8 Å². The number of carbonyl (C=O) groups excluding carboxylic acids is 2. The number of nitrogens with zero attached hydrogens (tertiary/aromatic N) is 1. The van der Waals surface area contributed by atoms with E-state index in [0.29, 0.717) is 23.5 Å². The molecule has 0 aromatic heterocycles. The third kappa shape index (κ3) is 2.98. The summed E-state index contributed by atoms with van der Waals surface area (Å²) in [7, 11) is 1.57. The molecule has 1 aliphatic rings. The van der Waals surface area contributed by atoms with Gasteiger partial charge in [0.05, 0.1) is 18.4 Å². The molecular weight excluding hydrogens is 334 g/mol. The Balaban J connectivity index is 2.38. The van der Waals surface area contributed by atoms with E-state index < -0.39 is 11.7 Å². The average molecular weight is 354 g/mol. The molecule has 1 unspecified atom stereocenters. The summed E-state index contributed by atoms with van der Waals surface area (Å²) in [5, 5.41) is 0.772. The monoisotopic (exact) mass is 353 g/mol. The van der Waals surface area contributed by atoms with Crippen LogP contribution in [0.3, 0.4) is 0 Å². The summed E-state index contributed by atoms with van der Waals surface area (Å²) >= 11 is 3.51. The van der Waals surface area contributed by atoms with Gasteiger partial charge in [-0.1, -0.05) is 36.7 Å². The highest BCUT2D eigenvalue weighted by Gasteiger charge is 2.38. The van der Waals surface area contributed by atoms with Crippen molar-refractivity contribution >= 4 is 33.3 Å². The van der Waals surface area contributed by atoms with Gasteiger partial charge in [-0.2, -0.15) is 0 Å². The predicted octanol–water partition coefficient (Wildman–Crippen LogP) is 3.28. The van der Waals surface area contributed by atoms with Crippen molar-refractivity contribution in [1.82, 2.24) is 0 Å². The van der Waals surface area contributed by atoms with Gasteiger partial charge in [-0.15, -0.1) is 0 Å². The van der Waals surface area contributed by atoms with Gasteiger partial charge in [0.1, 0.15) is 5.75 Å². The number of benzene rings is 1. The number of Topliss-reactive ketones (excluding diaryl/α,β-unsaturated/α-hetero) is 1. The van der Waals surface area contributed by atoms with Crippen LogP contribution in [0.15, 0.2) is 18.2 Å². The summed E-state index contributed by atoms with van der Waals surface area (Å²) in [5.41, 5.74) is 1.15. The standard InChI is InChI=1S/C16H20BrNO3/c1-16(2,3)10(8-17)9-18-13-7-11(21-4)5-6-12(13)14(19)15(18)20/h5-7,10H,8-9H2,1-4H3. The summed E-state index contributed by atoms with van der Waals surface area (Å²) in [6, 6.07) is 5.12. The van der Waals surface area contributed by atoms with Crippen LogP contribution in [0.25, 0.3) is 0 Å². The van der Waals surface area contributed by atoms with Crippen LogP contribution in [0.4, 0.5) is 5.69 Å². The summed E-state index contributed by atoms with van der Waals surface area (Å²) in [4.78, 5) is 25.9. The number of hydrogen-bond donors (Lipinski definition) is 0. The number of halogens is 1. The van der Waals surface area contributed by atoms with Crippen molar-refractivity contribution in [3.63, 3.8) is 0 Å². The Hall–Kier alpha value is -1.36. The maximum absolute atomic E-state index is 12.3. The van der Waals surface area contributed by atoms with Crippen LogP contribution in [0, 0.1) is 11.3 Å². The minimum absolute atomic E-state index is 0.0362. The van der Waals surface area contributed by atoms with Crippen LogP contribution < -0.4 is 9.64 Å². The Bertz CT molecular complexity index is 577. The van der Waals surface area contributed by atoms with E-state index in [-0.39, 0.29) is 11.3 Å². The zero-order valence-corrected chi connectivity index (χ0v) is 14.4. The molecule has 1 aliphatic heterocycles. The lowest BCUT2D eigenvalue weighted by Crippen LogP contribution is -2.39. The Morgan fingerprint density at radius 2 is 1.95 bits per heavy atom. The second-order valence-corrected chi connectivity index (χ2v) is 6.99. The molecule has 0 spiro atoms. The molecule has 0 aliphatic carbocycles. The lowest BCUT2D eigenvalue weighted by atomic mass is 9.82. The number of alkyl halides is 1. The maximum Gasteiger partial charge on any atom is 0.299 e. The third-order valence-corrected chi connectivity index (χ3v) is 4.78. The molecule has 114 valence electrons. The molecule has 1 amide bonds. The van der Waals surface area contributed by atoms with Crippen LogP contribution in [0.2, 0.25) is 0 Å². The first-order valence-electron chi connectivity index (χ1n) is 6.89. The Morgan fingerprint density at radius 1 is 1.29 bits per heavy atom. The zero-order valence-electron chi connectivity index (χ0n) is 12.8. The molecule has 0 saturated carbocycles. The molecule has 2 rings (SSSR count). The molecule has 1 heterocycles. The van der Waals surface area contributed by atoms with Crippen molar-refractivity contribution in [2.45, 2.75) is 20.8 Å². The fourth-order valence-corrected chi connectivity index (χ4v) is 3.53. The number of hydrogen-bond acceptors (Lipinski definition) is 3. The molecule has 5 heteroatoms. The Morgan fingerprint density at radius 3 is 2.48 bits per heavy atom. The quantitative estimate of drug-likeness (QED) is 0.616. The molecule has 4 nitrogen and oxygen atoms in total. The lowest BCUT2D eigenvalue weighted by molar-refractivity contribution is -0.114. The number of fused-ring (bicyclic) bond motifs is 1. The smallest absolute Gasteiger partial charge is 0.299 e. The van der Waals surface area contributed by atoms with Gasteiger partial charge in [0.25, 0.3) is 11.7 Å². The van der Waals surface area contributed by atoms with Crippen molar-refractivity contribution < 1.29 is 14.3 Å². The molecule has 1 aromatic carbocycles. The van der Waals surface area contributed by atoms with Crippen molar-refractivity contribution in [2.75, 3.05) is 23.9 Å². The third-order valence-electron chi connectivity index (χ3n) is 3.99. The first kappa shape index (κ1) is 16.0. The van der Waals surface area contributed by atoms with Gasteiger partial charge in [0.15, 0.2) is 0 Å². The maximum atomic E-state index is 12.3. The van der Waals surface area contributed by atoms with Crippen LogP contribution in [-0.4, -0.2) is 30.7 Å². The van der Waals surface area contributed by atoms with Gasteiger partial charge in [0.2, 0.25) is 0 Å². The van der Waals surface area contributed by atoms with Crippen LogP contribution in [0.5, 0.6) is 5.75 Å². The molecule has 1 atom stereocenters. The molecule has 0 saturated heterocycles. The highest BCUT2D eigenvalue weighted by molar-refractivity contribution is 9.09. The normalized spacial score (nSPS) is 16.1. The minimum Gasteiger partial charge on any atom is -0.497 e. The van der Waals surface area contributed by atoms with E-state index in [2.05, 4.69) is 36.7 Å². The summed E-state index contributed by atoms with van der Waals surface area (Å²) in [6.45, 7) is 6.91. The second-order valence-electron chi connectivity index (χ2n) is 6.35. The average Bonchev–Trinajstić information content (AvgIpc) is 2.67. The van der Waals surface area contributed by atoms with Crippen LogP contribution in [-0.2, 0) is 4.79 Å². The van der Waals surface area contributed by atoms with Gasteiger partial charge in [-0.25, -0.2) is 0 Å².